The van der Waals surface area contributed by atoms with Crippen LogP contribution in [0.25, 0.3) is 10.9 Å². The predicted octanol–water partition coefficient (Wildman–Crippen LogP) is 2.43. The quantitative estimate of drug-likeness (QED) is 0.793. The molecule has 0 amide bonds. The van der Waals surface area contributed by atoms with E-state index in [9.17, 15) is 4.39 Å². The van der Waals surface area contributed by atoms with Gasteiger partial charge in [0, 0.05) is 17.1 Å². The van der Waals surface area contributed by atoms with Crippen LogP contribution in [0.2, 0.25) is 0 Å². The molecule has 0 bridgehead atoms. The van der Waals surface area contributed by atoms with Crippen LogP contribution in [0.4, 0.5) is 4.39 Å². The molecule has 1 unspecified atom stereocenters. The number of aromatic nitrogens is 1. The van der Waals surface area contributed by atoms with Crippen LogP contribution in [0.5, 0.6) is 0 Å². The van der Waals surface area contributed by atoms with Crippen LogP contribution >= 0.6 is 0 Å². The fraction of sp³-hybridized carbons (Fsp3) is 0.333. The molecule has 2 N–H and O–H groups in total. The van der Waals surface area contributed by atoms with E-state index in [0.717, 1.165) is 16.5 Å². The van der Waals surface area contributed by atoms with Crippen LogP contribution in [0.3, 0.4) is 0 Å². The number of nitrogens with one attached hydrogen (secondary N) is 1. The summed E-state index contributed by atoms with van der Waals surface area (Å²) in [7, 11) is 0. The lowest BCUT2D eigenvalue weighted by molar-refractivity contribution is 0.131. The molecule has 0 aliphatic carbocycles. The normalized spacial score (nSPS) is 13.2. The number of hydrogen-bond acceptors (Lipinski definition) is 1. The van der Waals surface area contributed by atoms with Crippen LogP contribution in [-0.2, 0) is 6.42 Å². The SMILES string of the molecule is OC(CF)CCc1c[nH]c2ccccc12. The highest BCUT2D eigenvalue weighted by atomic mass is 19.1. The largest absolute Gasteiger partial charge is 0.390 e. The Balaban J connectivity index is 2.14. The standard InChI is InChI=1S/C12H14FNO/c13-7-10(15)6-5-9-8-14-12-4-2-1-3-11(9)12/h1-4,8,10,14-15H,5-7H2. The van der Waals surface area contributed by atoms with Crippen molar-refractivity contribution in [2.75, 3.05) is 6.67 Å². The van der Waals surface area contributed by atoms with Crippen LogP contribution in [-0.4, -0.2) is 22.9 Å². The Bertz CT molecular complexity index is 438. The molecule has 1 heterocycles. The Hall–Kier alpha value is -1.35. The molecule has 15 heavy (non-hydrogen) atoms. The van der Waals surface area contributed by atoms with E-state index in [-0.39, 0.29) is 0 Å². The molecule has 2 aromatic rings. The highest BCUT2D eigenvalue weighted by Crippen LogP contribution is 2.19. The molecule has 0 aliphatic heterocycles. The van der Waals surface area contributed by atoms with Crippen molar-refractivity contribution in [1.29, 1.82) is 0 Å². The molecular weight excluding hydrogens is 193 g/mol. The van der Waals surface area contributed by atoms with E-state index in [4.69, 9.17) is 5.11 Å². The van der Waals surface area contributed by atoms with Crippen molar-refractivity contribution < 1.29 is 9.50 Å². The van der Waals surface area contributed by atoms with E-state index in [1.807, 2.05) is 30.5 Å². The van der Waals surface area contributed by atoms with Crippen molar-refractivity contribution in [1.82, 2.24) is 4.98 Å². The average molecular weight is 207 g/mol. The number of fused-ring (bicyclic) bond motifs is 1. The number of aliphatic hydroxyl groups is 1. The first-order chi connectivity index (χ1) is 7.31. The number of rotatable bonds is 4. The maximum atomic E-state index is 12.1. The molecule has 0 fully saturated rings. The number of aliphatic hydroxyl groups excluding tert-OH is 1. The molecule has 3 heteroatoms. The molecule has 2 nitrogen and oxygen atoms in total. The zero-order valence-electron chi connectivity index (χ0n) is 8.41. The second-order valence-electron chi connectivity index (χ2n) is 3.71. The van der Waals surface area contributed by atoms with Gasteiger partial charge < -0.3 is 10.1 Å². The van der Waals surface area contributed by atoms with E-state index in [0.29, 0.717) is 12.8 Å². The first kappa shape index (κ1) is 10.2. The van der Waals surface area contributed by atoms with Crippen molar-refractivity contribution in [3.8, 4) is 0 Å². The molecule has 0 saturated heterocycles. The van der Waals surface area contributed by atoms with Crippen molar-refractivity contribution >= 4 is 10.9 Å². The van der Waals surface area contributed by atoms with E-state index in [1.165, 1.54) is 0 Å². The number of aromatic amines is 1. The Labute approximate surface area is 87.7 Å². The lowest BCUT2D eigenvalue weighted by Gasteiger charge is -2.04. The Morgan fingerprint density at radius 1 is 1.33 bits per heavy atom. The Kier molecular flexibility index (Phi) is 3.02. The van der Waals surface area contributed by atoms with Gasteiger partial charge in [-0.3, -0.25) is 0 Å². The molecule has 80 valence electrons. The van der Waals surface area contributed by atoms with Crippen LogP contribution in [0.15, 0.2) is 30.5 Å². The molecule has 0 saturated carbocycles. The summed E-state index contributed by atoms with van der Waals surface area (Å²) in [5, 5.41) is 10.3. The van der Waals surface area contributed by atoms with Gasteiger partial charge in [0.2, 0.25) is 0 Å². The summed E-state index contributed by atoms with van der Waals surface area (Å²) in [6.45, 7) is -0.664. The summed E-state index contributed by atoms with van der Waals surface area (Å²) in [5.74, 6) is 0. The summed E-state index contributed by atoms with van der Waals surface area (Å²) in [5.41, 5.74) is 2.22. The number of halogens is 1. The second kappa shape index (κ2) is 4.45. The molecule has 0 spiro atoms. The molecular formula is C12H14FNO. The molecule has 1 aromatic carbocycles. The van der Waals surface area contributed by atoms with Crippen molar-refractivity contribution in [2.45, 2.75) is 18.9 Å². The number of H-pyrrole nitrogens is 1. The molecule has 2 rings (SSSR count). The maximum absolute atomic E-state index is 12.1. The van der Waals surface area contributed by atoms with Crippen molar-refractivity contribution in [3.05, 3.63) is 36.0 Å². The first-order valence-corrected chi connectivity index (χ1v) is 5.10. The fourth-order valence-electron chi connectivity index (χ4n) is 1.74. The summed E-state index contributed by atoms with van der Waals surface area (Å²) in [6, 6.07) is 7.98. The number of para-hydroxylation sites is 1. The van der Waals surface area contributed by atoms with Crippen molar-refractivity contribution in [3.63, 3.8) is 0 Å². The molecule has 0 radical (unpaired) electrons. The first-order valence-electron chi connectivity index (χ1n) is 5.10. The Morgan fingerprint density at radius 3 is 2.93 bits per heavy atom. The predicted molar refractivity (Wildman–Crippen MR) is 58.6 cm³/mol. The summed E-state index contributed by atoms with van der Waals surface area (Å²) in [6.07, 6.45) is 2.27. The maximum Gasteiger partial charge on any atom is 0.115 e. The highest BCUT2D eigenvalue weighted by molar-refractivity contribution is 5.82. The van der Waals surface area contributed by atoms with Gasteiger partial charge in [0.25, 0.3) is 0 Å². The lowest BCUT2D eigenvalue weighted by Crippen LogP contribution is -2.09. The zero-order valence-corrected chi connectivity index (χ0v) is 8.41. The topological polar surface area (TPSA) is 36.0 Å². The van der Waals surface area contributed by atoms with Crippen molar-refractivity contribution in [2.24, 2.45) is 0 Å². The second-order valence-corrected chi connectivity index (χ2v) is 3.71. The molecule has 1 atom stereocenters. The number of benzene rings is 1. The monoisotopic (exact) mass is 207 g/mol. The van der Waals surface area contributed by atoms with Crippen LogP contribution in [0.1, 0.15) is 12.0 Å². The summed E-state index contributed by atoms with van der Waals surface area (Å²) in [4.78, 5) is 3.15. The number of alkyl halides is 1. The minimum Gasteiger partial charge on any atom is -0.390 e. The summed E-state index contributed by atoms with van der Waals surface area (Å²) >= 11 is 0. The van der Waals surface area contributed by atoms with E-state index in [1.54, 1.807) is 0 Å². The van der Waals surface area contributed by atoms with Gasteiger partial charge in [0.1, 0.15) is 6.67 Å². The van der Waals surface area contributed by atoms with Gasteiger partial charge in [0.15, 0.2) is 0 Å². The van der Waals surface area contributed by atoms with E-state index in [2.05, 4.69) is 4.98 Å². The van der Waals surface area contributed by atoms with Gasteiger partial charge in [-0.05, 0) is 24.5 Å². The van der Waals surface area contributed by atoms with Crippen LogP contribution in [0, 0.1) is 0 Å². The minimum absolute atomic E-state index is 0.471. The third-order valence-electron chi connectivity index (χ3n) is 2.60. The average Bonchev–Trinajstić information content (AvgIpc) is 2.69. The van der Waals surface area contributed by atoms with Gasteiger partial charge in [-0.25, -0.2) is 4.39 Å². The molecule has 0 aliphatic rings. The van der Waals surface area contributed by atoms with Crippen LogP contribution < -0.4 is 0 Å². The fourth-order valence-corrected chi connectivity index (χ4v) is 1.74. The highest BCUT2D eigenvalue weighted by Gasteiger charge is 2.06. The number of hydrogen-bond donors (Lipinski definition) is 2. The minimum atomic E-state index is -0.835. The lowest BCUT2D eigenvalue weighted by atomic mass is 10.1. The van der Waals surface area contributed by atoms with Gasteiger partial charge in [-0.15, -0.1) is 0 Å². The third kappa shape index (κ3) is 2.18. The summed E-state index contributed by atoms with van der Waals surface area (Å²) < 4.78 is 12.1. The smallest absolute Gasteiger partial charge is 0.115 e. The van der Waals surface area contributed by atoms with Gasteiger partial charge in [0.05, 0.1) is 6.10 Å². The van der Waals surface area contributed by atoms with Gasteiger partial charge >= 0.3 is 0 Å². The Morgan fingerprint density at radius 2 is 2.13 bits per heavy atom. The van der Waals surface area contributed by atoms with E-state index >= 15 is 0 Å². The zero-order chi connectivity index (χ0) is 10.7. The van der Waals surface area contributed by atoms with E-state index < -0.39 is 12.8 Å². The van der Waals surface area contributed by atoms with Gasteiger partial charge in [-0.2, -0.15) is 0 Å². The third-order valence-corrected chi connectivity index (χ3v) is 2.60. The number of aryl methyl sites for hydroxylation is 1. The van der Waals surface area contributed by atoms with Gasteiger partial charge in [-0.1, -0.05) is 18.2 Å². The molecule has 1 aromatic heterocycles.